The van der Waals surface area contributed by atoms with Gasteiger partial charge in [0.05, 0.1) is 0 Å². The van der Waals surface area contributed by atoms with E-state index in [1.165, 1.54) is 6.42 Å². The molecule has 0 bridgehead atoms. The Kier molecular flexibility index (Phi) is 7.74. The predicted octanol–water partition coefficient (Wildman–Crippen LogP) is 2.39. The fraction of sp³-hybridized carbons (Fsp3) is 0.857. The van der Waals surface area contributed by atoms with E-state index in [2.05, 4.69) is 26.0 Å². The first-order valence-electron chi connectivity index (χ1n) is 7.71. The van der Waals surface area contributed by atoms with Crippen molar-refractivity contribution in [2.45, 2.75) is 57.6 Å². The van der Waals surface area contributed by atoms with Gasteiger partial charge in [0.25, 0.3) is 0 Å². The molecule has 1 saturated heterocycles. The highest BCUT2D eigenvalue weighted by Crippen LogP contribution is 2.20. The van der Waals surface area contributed by atoms with Crippen molar-refractivity contribution in [3.63, 3.8) is 0 Å². The highest BCUT2D eigenvalue weighted by atomic mass is 79.9. The highest BCUT2D eigenvalue weighted by molar-refractivity contribution is 9.10. The third-order valence-corrected chi connectivity index (χ3v) is 3.87. The van der Waals surface area contributed by atoms with Crippen molar-refractivity contribution < 1.29 is 19.3 Å². The van der Waals surface area contributed by atoms with Gasteiger partial charge in [0, 0.05) is 20.3 Å². The molecule has 1 fully saturated rings. The van der Waals surface area contributed by atoms with Crippen LogP contribution < -0.4 is 0 Å². The number of aliphatic hydroxyl groups excluding tert-OH is 1. The van der Waals surface area contributed by atoms with E-state index < -0.39 is 6.10 Å². The summed E-state index contributed by atoms with van der Waals surface area (Å²) in [5.74, 6) is 0.519. The summed E-state index contributed by atoms with van der Waals surface area (Å²) in [5, 5.41) is 14.3. The van der Waals surface area contributed by atoms with Crippen LogP contribution in [0.2, 0.25) is 0 Å². The molecule has 1 aliphatic rings. The van der Waals surface area contributed by atoms with Gasteiger partial charge in [-0.3, -0.25) is 0 Å². The van der Waals surface area contributed by atoms with Crippen molar-refractivity contribution in [1.82, 2.24) is 14.8 Å². The van der Waals surface area contributed by atoms with Gasteiger partial charge in [0.2, 0.25) is 4.73 Å². The van der Waals surface area contributed by atoms with E-state index in [-0.39, 0.29) is 13.0 Å². The van der Waals surface area contributed by atoms with E-state index in [1.54, 1.807) is 11.8 Å². The molecule has 0 spiro atoms. The molecule has 0 radical (unpaired) electrons. The van der Waals surface area contributed by atoms with Crippen LogP contribution in [-0.4, -0.2) is 46.5 Å². The van der Waals surface area contributed by atoms with Gasteiger partial charge in [-0.15, -0.1) is 5.10 Å². The Bertz CT molecular complexity index is 438. The van der Waals surface area contributed by atoms with Crippen LogP contribution in [0, 0.1) is 0 Å². The SMILES string of the molecule is COCn1nc(Br)nc1C(O)CCCCOC1CCCCO1. The van der Waals surface area contributed by atoms with Crippen molar-refractivity contribution in [3.8, 4) is 0 Å². The minimum absolute atomic E-state index is 0.0422. The molecule has 2 heterocycles. The van der Waals surface area contributed by atoms with Gasteiger partial charge < -0.3 is 19.3 Å². The van der Waals surface area contributed by atoms with Crippen molar-refractivity contribution in [3.05, 3.63) is 10.6 Å². The molecule has 1 N–H and O–H groups in total. The third-order valence-electron chi connectivity index (χ3n) is 3.54. The Balaban J connectivity index is 1.65. The van der Waals surface area contributed by atoms with Crippen LogP contribution >= 0.6 is 15.9 Å². The van der Waals surface area contributed by atoms with Crippen molar-refractivity contribution >= 4 is 15.9 Å². The second kappa shape index (κ2) is 9.57. The smallest absolute Gasteiger partial charge is 0.217 e. The molecule has 2 atom stereocenters. The molecule has 2 rings (SSSR count). The fourth-order valence-electron chi connectivity index (χ4n) is 2.42. The molecule has 126 valence electrons. The average molecular weight is 378 g/mol. The van der Waals surface area contributed by atoms with Gasteiger partial charge in [-0.1, -0.05) is 0 Å². The summed E-state index contributed by atoms with van der Waals surface area (Å²) < 4.78 is 18.2. The van der Waals surface area contributed by atoms with Gasteiger partial charge in [-0.25, -0.2) is 9.67 Å². The number of unbranched alkanes of at least 4 members (excludes halogenated alkanes) is 1. The number of ether oxygens (including phenoxy) is 3. The minimum atomic E-state index is -0.653. The molecular weight excluding hydrogens is 354 g/mol. The standard InChI is InChI=1S/C14H24BrN3O4/c1-20-10-18-13(16-14(15)17-18)11(19)6-2-4-8-21-12-7-3-5-9-22-12/h11-12,19H,2-10H2,1H3. The van der Waals surface area contributed by atoms with Gasteiger partial charge in [-0.05, 0) is 54.5 Å². The molecule has 1 aromatic rings. The summed E-state index contributed by atoms with van der Waals surface area (Å²) in [4.78, 5) is 4.19. The number of rotatable bonds is 9. The quantitative estimate of drug-likeness (QED) is 0.665. The zero-order valence-electron chi connectivity index (χ0n) is 12.9. The van der Waals surface area contributed by atoms with Crippen LogP contribution in [0.4, 0.5) is 0 Å². The van der Waals surface area contributed by atoms with Crippen LogP contribution in [0.1, 0.15) is 50.5 Å². The Morgan fingerprint density at radius 2 is 2.32 bits per heavy atom. The van der Waals surface area contributed by atoms with E-state index in [1.807, 2.05) is 0 Å². The average Bonchev–Trinajstić information content (AvgIpc) is 2.89. The topological polar surface area (TPSA) is 78.6 Å². The molecule has 7 nitrogen and oxygen atoms in total. The molecule has 0 aliphatic carbocycles. The van der Waals surface area contributed by atoms with Crippen LogP contribution in [-0.2, 0) is 20.9 Å². The maximum absolute atomic E-state index is 10.2. The first kappa shape index (κ1) is 17.8. The normalized spacial score (nSPS) is 20.2. The summed E-state index contributed by atoms with van der Waals surface area (Å²) in [6.07, 6.45) is 4.94. The molecule has 0 amide bonds. The molecule has 8 heteroatoms. The van der Waals surface area contributed by atoms with E-state index in [0.29, 0.717) is 23.6 Å². The number of hydrogen-bond donors (Lipinski definition) is 1. The van der Waals surface area contributed by atoms with Crippen LogP contribution in [0.5, 0.6) is 0 Å². The van der Waals surface area contributed by atoms with Crippen molar-refractivity contribution in [2.24, 2.45) is 0 Å². The second-order valence-electron chi connectivity index (χ2n) is 5.33. The number of aliphatic hydroxyl groups is 1. The minimum Gasteiger partial charge on any atom is -0.385 e. The van der Waals surface area contributed by atoms with Gasteiger partial charge in [0.1, 0.15) is 12.8 Å². The molecule has 22 heavy (non-hydrogen) atoms. The van der Waals surface area contributed by atoms with Gasteiger partial charge in [0.15, 0.2) is 12.1 Å². The Labute approximate surface area is 139 Å². The van der Waals surface area contributed by atoms with E-state index in [0.717, 1.165) is 32.3 Å². The summed E-state index contributed by atoms with van der Waals surface area (Å²) in [7, 11) is 1.58. The van der Waals surface area contributed by atoms with Crippen LogP contribution in [0.15, 0.2) is 4.73 Å². The Morgan fingerprint density at radius 3 is 3.05 bits per heavy atom. The molecule has 2 unspecified atom stereocenters. The number of aromatic nitrogens is 3. The lowest BCUT2D eigenvalue weighted by Gasteiger charge is -2.22. The Hall–Kier alpha value is -0.540. The lowest BCUT2D eigenvalue weighted by molar-refractivity contribution is -0.162. The number of nitrogens with zero attached hydrogens (tertiary/aromatic N) is 3. The number of methoxy groups -OCH3 is 1. The van der Waals surface area contributed by atoms with Crippen molar-refractivity contribution in [1.29, 1.82) is 0 Å². The summed E-state index contributed by atoms with van der Waals surface area (Å²) >= 11 is 3.21. The molecule has 1 aliphatic heterocycles. The highest BCUT2D eigenvalue weighted by Gasteiger charge is 2.17. The van der Waals surface area contributed by atoms with E-state index in [4.69, 9.17) is 14.2 Å². The van der Waals surface area contributed by atoms with E-state index >= 15 is 0 Å². The van der Waals surface area contributed by atoms with Crippen LogP contribution in [0.3, 0.4) is 0 Å². The van der Waals surface area contributed by atoms with Crippen LogP contribution in [0.25, 0.3) is 0 Å². The molecule has 0 aromatic carbocycles. The lowest BCUT2D eigenvalue weighted by atomic mass is 10.1. The van der Waals surface area contributed by atoms with Crippen molar-refractivity contribution in [2.75, 3.05) is 20.3 Å². The summed E-state index contributed by atoms with van der Waals surface area (Å²) in [6, 6.07) is 0. The fourth-order valence-corrected chi connectivity index (χ4v) is 2.79. The maximum atomic E-state index is 10.2. The zero-order valence-corrected chi connectivity index (χ0v) is 14.5. The first-order chi connectivity index (χ1) is 10.7. The van der Waals surface area contributed by atoms with Gasteiger partial charge >= 0.3 is 0 Å². The number of hydrogen-bond acceptors (Lipinski definition) is 6. The maximum Gasteiger partial charge on any atom is 0.217 e. The molecule has 0 saturated carbocycles. The third kappa shape index (κ3) is 5.58. The largest absolute Gasteiger partial charge is 0.385 e. The predicted molar refractivity (Wildman–Crippen MR) is 83.1 cm³/mol. The monoisotopic (exact) mass is 377 g/mol. The van der Waals surface area contributed by atoms with E-state index in [9.17, 15) is 5.11 Å². The molecular formula is C14H24BrN3O4. The summed E-state index contributed by atoms with van der Waals surface area (Å²) in [5.41, 5.74) is 0. The number of halogens is 1. The second-order valence-corrected chi connectivity index (χ2v) is 6.04. The first-order valence-corrected chi connectivity index (χ1v) is 8.50. The van der Waals surface area contributed by atoms with Gasteiger partial charge in [-0.2, -0.15) is 0 Å². The summed E-state index contributed by atoms with van der Waals surface area (Å²) in [6.45, 7) is 1.73. The molecule has 1 aromatic heterocycles. The zero-order chi connectivity index (χ0) is 15.8. The lowest BCUT2D eigenvalue weighted by Crippen LogP contribution is -2.22. The Morgan fingerprint density at radius 1 is 1.45 bits per heavy atom.